The average molecular weight is 412 g/mol. The molecule has 0 aliphatic heterocycles. The third-order valence-corrected chi connectivity index (χ3v) is 5.43. The molecule has 2 aromatic carbocycles. The van der Waals surface area contributed by atoms with Gasteiger partial charge in [-0.05, 0) is 49.6 Å². The number of nitrogens with one attached hydrogen (secondary N) is 2. The van der Waals surface area contributed by atoms with Crippen LogP contribution in [0.1, 0.15) is 28.8 Å². The Morgan fingerprint density at radius 2 is 1.93 bits per heavy atom. The van der Waals surface area contributed by atoms with E-state index in [0.29, 0.717) is 33.4 Å². The van der Waals surface area contributed by atoms with Gasteiger partial charge in [-0.25, -0.2) is 9.37 Å². The van der Waals surface area contributed by atoms with Gasteiger partial charge in [-0.1, -0.05) is 42.1 Å². The van der Waals surface area contributed by atoms with Gasteiger partial charge in [0.25, 0.3) is 5.56 Å². The van der Waals surface area contributed by atoms with E-state index in [1.807, 2.05) is 30.3 Å². The number of thioether (sulfide) groups is 1. The highest BCUT2D eigenvalue weighted by atomic mass is 32.2. The zero-order chi connectivity index (χ0) is 20.8. The van der Waals surface area contributed by atoms with Crippen LogP contribution in [0, 0.1) is 19.7 Å². The van der Waals surface area contributed by atoms with Crippen LogP contribution in [0.25, 0.3) is 0 Å². The lowest BCUT2D eigenvalue weighted by atomic mass is 10.1. The van der Waals surface area contributed by atoms with Gasteiger partial charge < -0.3 is 10.3 Å². The molecule has 3 aromatic rings. The third kappa shape index (κ3) is 5.77. The number of aromatic amines is 1. The maximum absolute atomic E-state index is 13.2. The summed E-state index contributed by atoms with van der Waals surface area (Å²) in [5.74, 6) is 0.127. The maximum atomic E-state index is 13.2. The zero-order valence-corrected chi connectivity index (χ0v) is 17.1. The van der Waals surface area contributed by atoms with Crippen LogP contribution in [0.5, 0.6) is 0 Å². The van der Waals surface area contributed by atoms with E-state index >= 15 is 0 Å². The van der Waals surface area contributed by atoms with Gasteiger partial charge in [0.05, 0.1) is 0 Å². The lowest BCUT2D eigenvalue weighted by Gasteiger charge is -2.09. The summed E-state index contributed by atoms with van der Waals surface area (Å²) in [4.78, 5) is 32.0. The first-order valence-corrected chi connectivity index (χ1v) is 10.2. The normalized spacial score (nSPS) is 10.7. The van der Waals surface area contributed by atoms with Crippen LogP contribution >= 0.6 is 11.8 Å². The van der Waals surface area contributed by atoms with E-state index < -0.39 is 0 Å². The van der Waals surface area contributed by atoms with Crippen molar-refractivity contribution in [2.45, 2.75) is 37.6 Å². The molecule has 0 fully saturated rings. The molecule has 29 heavy (non-hydrogen) atoms. The van der Waals surface area contributed by atoms with Crippen molar-refractivity contribution in [2.24, 2.45) is 0 Å². The van der Waals surface area contributed by atoms with Gasteiger partial charge in [-0.2, -0.15) is 0 Å². The standard InChI is InChI=1S/C22H22FN3O2S/c1-14-12-17(23)8-10-19(14)25-20(27)11-9-18-15(2)24-22(26-21(18)28)29-13-16-6-4-3-5-7-16/h3-8,10,12H,9,11,13H2,1-2H3,(H,25,27)(H,24,26,28). The van der Waals surface area contributed by atoms with Crippen molar-refractivity contribution >= 4 is 23.4 Å². The molecular formula is C22H22FN3O2S. The highest BCUT2D eigenvalue weighted by Gasteiger charge is 2.12. The highest BCUT2D eigenvalue weighted by Crippen LogP contribution is 2.19. The Balaban J connectivity index is 1.60. The molecule has 0 saturated heterocycles. The van der Waals surface area contributed by atoms with Crippen molar-refractivity contribution in [3.8, 4) is 0 Å². The topological polar surface area (TPSA) is 74.8 Å². The molecule has 1 heterocycles. The van der Waals surface area contributed by atoms with Crippen LogP contribution in [0.2, 0.25) is 0 Å². The van der Waals surface area contributed by atoms with Crippen LogP contribution in [0.15, 0.2) is 58.5 Å². The molecule has 0 bridgehead atoms. The fourth-order valence-electron chi connectivity index (χ4n) is 2.89. The van der Waals surface area contributed by atoms with Gasteiger partial charge in [-0.3, -0.25) is 9.59 Å². The van der Waals surface area contributed by atoms with E-state index in [1.54, 1.807) is 13.8 Å². The Labute approximate surface area is 172 Å². The van der Waals surface area contributed by atoms with Crippen molar-refractivity contribution in [3.05, 3.63) is 87.1 Å². The summed E-state index contributed by atoms with van der Waals surface area (Å²) in [6.45, 7) is 3.50. The van der Waals surface area contributed by atoms with E-state index in [2.05, 4.69) is 15.3 Å². The van der Waals surface area contributed by atoms with Crippen LogP contribution in [0.4, 0.5) is 10.1 Å². The molecule has 0 aliphatic carbocycles. The quantitative estimate of drug-likeness (QED) is 0.447. The SMILES string of the molecule is Cc1cc(F)ccc1NC(=O)CCc1c(C)nc(SCc2ccccc2)[nH]c1=O. The number of hydrogen-bond acceptors (Lipinski definition) is 4. The van der Waals surface area contributed by atoms with Crippen LogP contribution < -0.4 is 10.9 Å². The Kier molecular flexibility index (Phi) is 6.82. The van der Waals surface area contributed by atoms with E-state index in [9.17, 15) is 14.0 Å². The number of aromatic nitrogens is 2. The molecule has 1 aromatic heterocycles. The number of H-pyrrole nitrogens is 1. The van der Waals surface area contributed by atoms with Gasteiger partial charge in [0.15, 0.2) is 5.16 Å². The summed E-state index contributed by atoms with van der Waals surface area (Å²) in [7, 11) is 0. The van der Waals surface area contributed by atoms with Crippen LogP contribution in [-0.2, 0) is 17.0 Å². The molecule has 0 aliphatic rings. The number of aryl methyl sites for hydroxylation is 2. The van der Waals surface area contributed by atoms with E-state index in [4.69, 9.17) is 0 Å². The predicted octanol–water partition coefficient (Wildman–Crippen LogP) is 4.39. The van der Waals surface area contributed by atoms with Crippen molar-refractivity contribution in [3.63, 3.8) is 0 Å². The van der Waals surface area contributed by atoms with Crippen molar-refractivity contribution in [1.29, 1.82) is 0 Å². The monoisotopic (exact) mass is 411 g/mol. The number of carbonyl (C=O) groups excluding carboxylic acids is 1. The molecule has 0 spiro atoms. The van der Waals surface area contributed by atoms with Crippen molar-refractivity contribution < 1.29 is 9.18 Å². The molecule has 0 saturated carbocycles. The summed E-state index contributed by atoms with van der Waals surface area (Å²) >= 11 is 1.46. The molecule has 3 rings (SSSR count). The summed E-state index contributed by atoms with van der Waals surface area (Å²) < 4.78 is 13.2. The van der Waals surface area contributed by atoms with Gasteiger partial charge in [-0.15, -0.1) is 0 Å². The third-order valence-electron chi connectivity index (χ3n) is 4.48. The van der Waals surface area contributed by atoms with Gasteiger partial charge in [0, 0.05) is 29.1 Å². The molecule has 7 heteroatoms. The molecule has 0 unspecified atom stereocenters. The second-order valence-corrected chi connectivity index (χ2v) is 7.68. The smallest absolute Gasteiger partial charge is 0.254 e. The second-order valence-electron chi connectivity index (χ2n) is 6.72. The Hall–Kier alpha value is -2.93. The second kappa shape index (κ2) is 9.52. The molecule has 5 nitrogen and oxygen atoms in total. The lowest BCUT2D eigenvalue weighted by Crippen LogP contribution is -2.20. The van der Waals surface area contributed by atoms with Crippen LogP contribution in [-0.4, -0.2) is 15.9 Å². The minimum absolute atomic E-state index is 0.138. The van der Waals surface area contributed by atoms with Crippen LogP contribution in [0.3, 0.4) is 0 Å². The number of rotatable bonds is 7. The molecule has 0 radical (unpaired) electrons. The summed E-state index contributed by atoms with van der Waals surface area (Å²) in [5, 5.41) is 3.32. The average Bonchev–Trinajstić information content (AvgIpc) is 2.69. The fraction of sp³-hybridized carbons (Fsp3) is 0.227. The maximum Gasteiger partial charge on any atom is 0.254 e. The van der Waals surface area contributed by atoms with Gasteiger partial charge >= 0.3 is 0 Å². The Morgan fingerprint density at radius 3 is 2.62 bits per heavy atom. The fourth-order valence-corrected chi connectivity index (χ4v) is 3.75. The number of benzene rings is 2. The molecule has 0 atom stereocenters. The van der Waals surface area contributed by atoms with E-state index in [-0.39, 0.29) is 30.1 Å². The van der Waals surface area contributed by atoms with E-state index in [1.165, 1.54) is 30.0 Å². The molecule has 150 valence electrons. The highest BCUT2D eigenvalue weighted by molar-refractivity contribution is 7.98. The summed E-state index contributed by atoms with van der Waals surface area (Å²) in [5.41, 5.74) is 3.25. The number of amides is 1. The molecule has 1 amide bonds. The predicted molar refractivity (Wildman–Crippen MR) is 114 cm³/mol. The zero-order valence-electron chi connectivity index (χ0n) is 16.3. The largest absolute Gasteiger partial charge is 0.326 e. The number of halogens is 1. The first-order valence-electron chi connectivity index (χ1n) is 9.25. The number of carbonyl (C=O) groups is 1. The van der Waals surface area contributed by atoms with Gasteiger partial charge in [0.1, 0.15) is 5.82 Å². The van der Waals surface area contributed by atoms with Gasteiger partial charge in [0.2, 0.25) is 5.91 Å². The first-order chi connectivity index (χ1) is 13.9. The lowest BCUT2D eigenvalue weighted by molar-refractivity contribution is -0.116. The minimum atomic E-state index is -0.348. The molecule has 2 N–H and O–H groups in total. The number of nitrogens with zero attached hydrogens (tertiary/aromatic N) is 1. The summed E-state index contributed by atoms with van der Waals surface area (Å²) in [6.07, 6.45) is 0.419. The molecular weight excluding hydrogens is 389 g/mol. The van der Waals surface area contributed by atoms with Crippen molar-refractivity contribution in [1.82, 2.24) is 9.97 Å². The summed E-state index contributed by atoms with van der Waals surface area (Å²) in [6, 6.07) is 14.1. The number of anilines is 1. The van der Waals surface area contributed by atoms with E-state index in [0.717, 1.165) is 5.56 Å². The minimum Gasteiger partial charge on any atom is -0.326 e. The Morgan fingerprint density at radius 1 is 1.17 bits per heavy atom. The van der Waals surface area contributed by atoms with Crippen molar-refractivity contribution in [2.75, 3.05) is 5.32 Å². The first kappa shape index (κ1) is 20.8. The number of hydrogen-bond donors (Lipinski definition) is 2. The Bertz CT molecular complexity index is 1070.